The van der Waals surface area contributed by atoms with Gasteiger partial charge in [-0.05, 0) is 12.1 Å². The molecule has 2 N–H and O–H groups in total. The van der Waals surface area contributed by atoms with E-state index in [1.807, 2.05) is 6.07 Å². The molecule has 1 unspecified atom stereocenters. The SMILES string of the molecule is O=C(Nc1ncnc2c1ncn2CCOCO[PH](=O)O)c1ccccc1. The molecule has 3 aromatic rings. The Morgan fingerprint density at radius 1 is 1.23 bits per heavy atom. The van der Waals surface area contributed by atoms with Crippen LogP contribution in [0.1, 0.15) is 10.4 Å². The fourth-order valence-corrected chi connectivity index (χ4v) is 2.40. The molecule has 0 aliphatic carbocycles. The maximum Gasteiger partial charge on any atom is 0.318 e. The first kappa shape index (κ1) is 18.2. The lowest BCUT2D eigenvalue weighted by Crippen LogP contribution is -2.13. The Morgan fingerprint density at radius 3 is 2.81 bits per heavy atom. The average Bonchev–Trinajstić information content (AvgIpc) is 3.06. The van der Waals surface area contributed by atoms with Crippen LogP contribution in [-0.2, 0) is 20.4 Å². The van der Waals surface area contributed by atoms with Crippen LogP contribution in [0.4, 0.5) is 5.82 Å². The van der Waals surface area contributed by atoms with Crippen LogP contribution in [0.25, 0.3) is 11.2 Å². The number of ether oxygens (including phenoxy) is 1. The number of carbonyl (C=O) groups excluding carboxylic acids is 1. The molecule has 0 saturated carbocycles. The Labute approximate surface area is 148 Å². The molecule has 1 atom stereocenters. The summed E-state index contributed by atoms with van der Waals surface area (Å²) in [4.78, 5) is 33.3. The van der Waals surface area contributed by atoms with Crippen LogP contribution in [0.5, 0.6) is 0 Å². The third kappa shape index (κ3) is 4.50. The summed E-state index contributed by atoms with van der Waals surface area (Å²) in [6.45, 7) is 0.361. The molecule has 0 aliphatic heterocycles. The molecule has 0 saturated heterocycles. The van der Waals surface area contributed by atoms with Gasteiger partial charge in [0.15, 0.2) is 23.8 Å². The molecular formula is C15H16N5O5P. The van der Waals surface area contributed by atoms with E-state index < -0.39 is 8.25 Å². The van der Waals surface area contributed by atoms with E-state index in [1.54, 1.807) is 35.2 Å². The van der Waals surface area contributed by atoms with Gasteiger partial charge in [-0.3, -0.25) is 13.9 Å². The molecule has 0 bridgehead atoms. The van der Waals surface area contributed by atoms with Gasteiger partial charge in [-0.1, -0.05) is 18.2 Å². The van der Waals surface area contributed by atoms with Crippen molar-refractivity contribution in [2.24, 2.45) is 0 Å². The Hall–Kier alpha value is -2.65. The lowest BCUT2D eigenvalue weighted by molar-refractivity contribution is 0.0106. The second-order valence-electron chi connectivity index (χ2n) is 5.09. The highest BCUT2D eigenvalue weighted by molar-refractivity contribution is 7.32. The summed E-state index contributed by atoms with van der Waals surface area (Å²) in [5.74, 6) is 0.0191. The van der Waals surface area contributed by atoms with Gasteiger partial charge in [0.2, 0.25) is 0 Å². The van der Waals surface area contributed by atoms with E-state index in [1.165, 1.54) is 6.33 Å². The fourth-order valence-electron chi connectivity index (χ4n) is 2.22. The lowest BCUT2D eigenvalue weighted by Gasteiger charge is -2.06. The number of nitrogens with zero attached hydrogens (tertiary/aromatic N) is 4. The molecule has 10 nitrogen and oxygen atoms in total. The zero-order valence-electron chi connectivity index (χ0n) is 13.5. The first-order valence-corrected chi connectivity index (χ1v) is 8.87. The lowest BCUT2D eigenvalue weighted by atomic mass is 10.2. The van der Waals surface area contributed by atoms with Gasteiger partial charge in [0.25, 0.3) is 5.91 Å². The summed E-state index contributed by atoms with van der Waals surface area (Å²) in [5, 5.41) is 2.73. The maximum atomic E-state index is 12.3. The number of amides is 1. The summed E-state index contributed by atoms with van der Waals surface area (Å²) in [6, 6.07) is 8.78. The zero-order valence-corrected chi connectivity index (χ0v) is 14.5. The number of hydrogen-bond donors (Lipinski definition) is 2. The quantitative estimate of drug-likeness (QED) is 0.343. The van der Waals surface area contributed by atoms with Crippen molar-refractivity contribution in [3.8, 4) is 0 Å². The number of imidazole rings is 1. The van der Waals surface area contributed by atoms with Gasteiger partial charge in [-0.25, -0.2) is 15.0 Å². The van der Waals surface area contributed by atoms with E-state index in [-0.39, 0.29) is 19.3 Å². The minimum atomic E-state index is -3.00. The van der Waals surface area contributed by atoms with E-state index in [0.29, 0.717) is 29.1 Å². The molecule has 0 radical (unpaired) electrons. The monoisotopic (exact) mass is 377 g/mol. The highest BCUT2D eigenvalue weighted by Gasteiger charge is 2.13. The van der Waals surface area contributed by atoms with Gasteiger partial charge in [0.05, 0.1) is 12.9 Å². The van der Waals surface area contributed by atoms with Crippen LogP contribution < -0.4 is 5.32 Å². The van der Waals surface area contributed by atoms with Gasteiger partial charge in [-0.2, -0.15) is 0 Å². The van der Waals surface area contributed by atoms with Crippen molar-refractivity contribution >= 4 is 31.1 Å². The predicted molar refractivity (Wildman–Crippen MR) is 92.8 cm³/mol. The molecule has 26 heavy (non-hydrogen) atoms. The number of benzene rings is 1. The van der Waals surface area contributed by atoms with Crippen LogP contribution in [0.2, 0.25) is 0 Å². The highest BCUT2D eigenvalue weighted by atomic mass is 31.1. The summed E-state index contributed by atoms with van der Waals surface area (Å²) in [5.41, 5.74) is 1.49. The summed E-state index contributed by atoms with van der Waals surface area (Å²) >= 11 is 0. The Bertz CT molecular complexity index is 917. The number of carbonyl (C=O) groups is 1. The molecule has 0 spiro atoms. The number of fused-ring (bicyclic) bond motifs is 1. The third-order valence-electron chi connectivity index (χ3n) is 3.41. The van der Waals surface area contributed by atoms with Crippen molar-refractivity contribution in [2.75, 3.05) is 18.7 Å². The van der Waals surface area contributed by atoms with Gasteiger partial charge in [-0.15, -0.1) is 0 Å². The average molecular weight is 377 g/mol. The summed E-state index contributed by atoms with van der Waals surface area (Å²) in [7, 11) is -3.00. The summed E-state index contributed by atoms with van der Waals surface area (Å²) in [6.07, 6.45) is 2.89. The predicted octanol–water partition coefficient (Wildman–Crippen LogP) is 1.45. The highest BCUT2D eigenvalue weighted by Crippen LogP contribution is 2.18. The van der Waals surface area contributed by atoms with Crippen molar-refractivity contribution in [3.05, 3.63) is 48.5 Å². The molecule has 2 aromatic heterocycles. The normalized spacial score (nSPS) is 12.2. The van der Waals surface area contributed by atoms with Gasteiger partial charge in [0.1, 0.15) is 6.33 Å². The van der Waals surface area contributed by atoms with E-state index in [9.17, 15) is 9.36 Å². The number of anilines is 1. The van der Waals surface area contributed by atoms with Crippen LogP contribution in [0, 0.1) is 0 Å². The molecular weight excluding hydrogens is 361 g/mol. The van der Waals surface area contributed by atoms with E-state index in [2.05, 4.69) is 24.8 Å². The van der Waals surface area contributed by atoms with E-state index >= 15 is 0 Å². The molecule has 1 aromatic carbocycles. The van der Waals surface area contributed by atoms with Crippen LogP contribution in [0.15, 0.2) is 43.0 Å². The van der Waals surface area contributed by atoms with Crippen molar-refractivity contribution < 1.29 is 23.5 Å². The second kappa shape index (κ2) is 8.63. The second-order valence-corrected chi connectivity index (χ2v) is 5.91. The maximum absolute atomic E-state index is 12.3. The van der Waals surface area contributed by atoms with Gasteiger partial charge >= 0.3 is 8.25 Å². The number of nitrogens with one attached hydrogen (secondary N) is 1. The third-order valence-corrected chi connectivity index (χ3v) is 3.78. The van der Waals surface area contributed by atoms with E-state index in [4.69, 9.17) is 9.63 Å². The smallest absolute Gasteiger partial charge is 0.318 e. The first-order valence-electron chi connectivity index (χ1n) is 7.61. The molecule has 1 amide bonds. The minimum absolute atomic E-state index is 0.232. The van der Waals surface area contributed by atoms with E-state index in [0.717, 1.165) is 0 Å². The van der Waals surface area contributed by atoms with Crippen molar-refractivity contribution in [2.45, 2.75) is 6.54 Å². The number of rotatable bonds is 8. The molecule has 0 fully saturated rings. The van der Waals surface area contributed by atoms with Crippen LogP contribution in [0.3, 0.4) is 0 Å². The van der Waals surface area contributed by atoms with Crippen molar-refractivity contribution in [1.82, 2.24) is 19.5 Å². The van der Waals surface area contributed by atoms with Crippen molar-refractivity contribution in [3.63, 3.8) is 0 Å². The number of aromatic nitrogens is 4. The van der Waals surface area contributed by atoms with Gasteiger partial charge < -0.3 is 19.5 Å². The van der Waals surface area contributed by atoms with Crippen LogP contribution >= 0.6 is 8.25 Å². The van der Waals surface area contributed by atoms with Crippen LogP contribution in [-0.4, -0.2) is 43.7 Å². The van der Waals surface area contributed by atoms with Gasteiger partial charge in [0, 0.05) is 12.1 Å². The topological polar surface area (TPSA) is 128 Å². The standard InChI is InChI=1S/C15H16N5O5P/c21-15(11-4-2-1-3-5-11)19-13-12-14(17-8-16-13)20(9-18-12)6-7-24-10-25-26(22)23/h1-5,8-9,26H,6-7,10H2,(H,22,23)(H,16,17,19,21). The molecule has 2 heterocycles. The molecule has 0 aliphatic rings. The number of hydrogen-bond acceptors (Lipinski definition) is 7. The molecule has 3 rings (SSSR count). The summed E-state index contributed by atoms with van der Waals surface area (Å²) < 4.78 is 21.7. The fraction of sp³-hybridized carbons (Fsp3) is 0.200. The zero-order chi connectivity index (χ0) is 18.4. The minimum Gasteiger partial charge on any atom is -0.353 e. The largest absolute Gasteiger partial charge is 0.353 e. The molecule has 136 valence electrons. The Kier molecular flexibility index (Phi) is 6.03. The van der Waals surface area contributed by atoms with Crippen molar-refractivity contribution in [1.29, 1.82) is 0 Å². The Morgan fingerprint density at radius 2 is 2.04 bits per heavy atom. The first-order chi connectivity index (χ1) is 12.6. The Balaban J connectivity index is 1.68. The molecule has 11 heteroatoms.